The van der Waals surface area contributed by atoms with E-state index in [0.717, 1.165) is 19.5 Å². The van der Waals surface area contributed by atoms with Crippen LogP contribution in [-0.2, 0) is 4.74 Å². The summed E-state index contributed by atoms with van der Waals surface area (Å²) in [5.74, 6) is 0. The summed E-state index contributed by atoms with van der Waals surface area (Å²) < 4.78 is 5.21. The average Bonchev–Trinajstić information content (AvgIpc) is 2.16. The number of nitrogens with one attached hydrogen (secondary N) is 1. The highest BCUT2D eigenvalue weighted by Gasteiger charge is 2.30. The van der Waals surface area contributed by atoms with Crippen molar-refractivity contribution in [2.24, 2.45) is 0 Å². The van der Waals surface area contributed by atoms with E-state index >= 15 is 0 Å². The van der Waals surface area contributed by atoms with Gasteiger partial charge in [0, 0.05) is 20.7 Å². The fraction of sp³-hybridized carbons (Fsp3) is 0.875. The number of nitrogens with zero attached hydrogens (tertiary/aromatic N) is 1. The van der Waals surface area contributed by atoms with Crippen molar-refractivity contribution in [1.29, 1.82) is 0 Å². The van der Waals surface area contributed by atoms with E-state index in [0.29, 0.717) is 0 Å². The molecule has 1 rings (SSSR count). The Bertz CT molecular complexity index is 186. The van der Waals surface area contributed by atoms with E-state index < -0.39 is 6.09 Å². The molecule has 0 radical (unpaired) electrons. The van der Waals surface area contributed by atoms with E-state index in [1.54, 1.807) is 14.2 Å². The van der Waals surface area contributed by atoms with Crippen molar-refractivity contribution >= 4 is 6.09 Å². The summed E-state index contributed by atoms with van der Waals surface area (Å²) in [6.45, 7) is 1.57. The first-order chi connectivity index (χ1) is 6.16. The van der Waals surface area contributed by atoms with Gasteiger partial charge in [0.05, 0.1) is 12.1 Å². The SMILES string of the molecule is COC1CNCCC1N(C)C(=O)O. The van der Waals surface area contributed by atoms with Crippen molar-refractivity contribution in [3.63, 3.8) is 0 Å². The summed E-state index contributed by atoms with van der Waals surface area (Å²) in [6.07, 6.45) is -0.120. The predicted octanol–water partition coefficient (Wildman–Crippen LogP) is -0.0269. The van der Waals surface area contributed by atoms with Crippen LogP contribution < -0.4 is 5.32 Å². The Labute approximate surface area is 77.7 Å². The Balaban J connectivity index is 2.58. The van der Waals surface area contributed by atoms with Crippen molar-refractivity contribution in [3.05, 3.63) is 0 Å². The first-order valence-electron chi connectivity index (χ1n) is 4.36. The van der Waals surface area contributed by atoms with E-state index in [4.69, 9.17) is 9.84 Å². The molecular weight excluding hydrogens is 172 g/mol. The topological polar surface area (TPSA) is 61.8 Å². The van der Waals surface area contributed by atoms with E-state index in [-0.39, 0.29) is 12.1 Å². The number of likely N-dealkylation sites (N-methyl/N-ethyl adjacent to an activating group) is 1. The fourth-order valence-electron chi connectivity index (χ4n) is 1.64. The van der Waals surface area contributed by atoms with Gasteiger partial charge < -0.3 is 20.1 Å². The molecule has 13 heavy (non-hydrogen) atoms. The van der Waals surface area contributed by atoms with Crippen molar-refractivity contribution in [1.82, 2.24) is 10.2 Å². The maximum Gasteiger partial charge on any atom is 0.407 e. The van der Waals surface area contributed by atoms with Crippen LogP contribution in [-0.4, -0.2) is 55.5 Å². The largest absolute Gasteiger partial charge is 0.465 e. The van der Waals surface area contributed by atoms with Gasteiger partial charge in [-0.1, -0.05) is 0 Å². The third-order valence-corrected chi connectivity index (χ3v) is 2.49. The normalized spacial score (nSPS) is 28.5. The molecule has 2 atom stereocenters. The van der Waals surface area contributed by atoms with Crippen LogP contribution in [0.4, 0.5) is 4.79 Å². The Hall–Kier alpha value is -0.810. The highest BCUT2D eigenvalue weighted by atomic mass is 16.5. The average molecular weight is 188 g/mol. The van der Waals surface area contributed by atoms with Crippen LogP contribution in [0, 0.1) is 0 Å². The van der Waals surface area contributed by atoms with Gasteiger partial charge in [-0.2, -0.15) is 0 Å². The summed E-state index contributed by atoms with van der Waals surface area (Å²) in [6, 6.07) is -0.0243. The first kappa shape index (κ1) is 10.3. The fourth-order valence-corrected chi connectivity index (χ4v) is 1.64. The molecule has 1 aliphatic rings. The second kappa shape index (κ2) is 4.43. The lowest BCUT2D eigenvalue weighted by atomic mass is 10.0. The lowest BCUT2D eigenvalue weighted by Crippen LogP contribution is -2.53. The van der Waals surface area contributed by atoms with Gasteiger partial charge in [-0.25, -0.2) is 4.79 Å². The van der Waals surface area contributed by atoms with Gasteiger partial charge in [-0.3, -0.25) is 0 Å². The van der Waals surface area contributed by atoms with Crippen LogP contribution in [0.3, 0.4) is 0 Å². The van der Waals surface area contributed by atoms with Gasteiger partial charge in [0.15, 0.2) is 0 Å². The molecule has 0 aromatic carbocycles. The zero-order valence-electron chi connectivity index (χ0n) is 7.99. The molecular formula is C8H16N2O3. The zero-order valence-corrected chi connectivity index (χ0v) is 7.99. The van der Waals surface area contributed by atoms with Gasteiger partial charge in [0.2, 0.25) is 0 Å². The molecule has 5 nitrogen and oxygen atoms in total. The Morgan fingerprint density at radius 1 is 1.69 bits per heavy atom. The molecule has 2 N–H and O–H groups in total. The number of rotatable bonds is 2. The molecule has 2 unspecified atom stereocenters. The van der Waals surface area contributed by atoms with Crippen molar-refractivity contribution in [3.8, 4) is 0 Å². The third kappa shape index (κ3) is 2.32. The number of piperidine rings is 1. The van der Waals surface area contributed by atoms with Gasteiger partial charge >= 0.3 is 6.09 Å². The first-order valence-corrected chi connectivity index (χ1v) is 4.36. The quantitative estimate of drug-likeness (QED) is 0.639. The number of carboxylic acid groups (broad SMARTS) is 1. The van der Waals surface area contributed by atoms with Crippen molar-refractivity contribution in [2.45, 2.75) is 18.6 Å². The van der Waals surface area contributed by atoms with Crippen LogP contribution >= 0.6 is 0 Å². The highest BCUT2D eigenvalue weighted by Crippen LogP contribution is 2.13. The third-order valence-electron chi connectivity index (χ3n) is 2.49. The molecule has 1 amide bonds. The molecule has 0 saturated carbocycles. The number of methoxy groups -OCH3 is 1. The molecule has 0 spiro atoms. The summed E-state index contributed by atoms with van der Waals surface area (Å²) in [7, 11) is 3.20. The monoisotopic (exact) mass is 188 g/mol. The lowest BCUT2D eigenvalue weighted by Gasteiger charge is -2.35. The highest BCUT2D eigenvalue weighted by molar-refractivity contribution is 5.65. The smallest absolute Gasteiger partial charge is 0.407 e. The maximum atomic E-state index is 10.7. The number of ether oxygens (including phenoxy) is 1. The number of carbonyl (C=O) groups is 1. The predicted molar refractivity (Wildman–Crippen MR) is 47.9 cm³/mol. The second-order valence-electron chi connectivity index (χ2n) is 3.23. The number of amides is 1. The Morgan fingerprint density at radius 3 is 2.92 bits per heavy atom. The van der Waals surface area contributed by atoms with Crippen LogP contribution in [0.15, 0.2) is 0 Å². The van der Waals surface area contributed by atoms with Crippen molar-refractivity contribution < 1.29 is 14.6 Å². The van der Waals surface area contributed by atoms with Gasteiger partial charge in [0.25, 0.3) is 0 Å². The summed E-state index contributed by atoms with van der Waals surface area (Å²) in [5, 5.41) is 12.0. The van der Waals surface area contributed by atoms with Crippen molar-refractivity contribution in [2.75, 3.05) is 27.2 Å². The molecule has 1 saturated heterocycles. The van der Waals surface area contributed by atoms with Crippen LogP contribution in [0.1, 0.15) is 6.42 Å². The molecule has 0 aromatic rings. The standard InChI is InChI=1S/C8H16N2O3/c1-10(8(11)12)6-3-4-9-5-7(6)13-2/h6-7,9H,3-5H2,1-2H3,(H,11,12). The molecule has 1 heterocycles. The molecule has 1 fully saturated rings. The Kier molecular flexibility index (Phi) is 3.50. The summed E-state index contributed by atoms with van der Waals surface area (Å²) in [4.78, 5) is 12.0. The number of hydrogen-bond acceptors (Lipinski definition) is 3. The van der Waals surface area contributed by atoms with Crippen LogP contribution in [0.25, 0.3) is 0 Å². The minimum atomic E-state index is -0.894. The molecule has 0 bridgehead atoms. The minimum Gasteiger partial charge on any atom is -0.465 e. The molecule has 0 aliphatic carbocycles. The van der Waals surface area contributed by atoms with Gasteiger partial charge in [-0.15, -0.1) is 0 Å². The number of hydrogen-bond donors (Lipinski definition) is 2. The summed E-state index contributed by atoms with van der Waals surface area (Å²) >= 11 is 0. The lowest BCUT2D eigenvalue weighted by molar-refractivity contribution is 0.0109. The Morgan fingerprint density at radius 2 is 2.38 bits per heavy atom. The van der Waals surface area contributed by atoms with E-state index in [2.05, 4.69) is 5.32 Å². The molecule has 76 valence electrons. The van der Waals surface area contributed by atoms with E-state index in [9.17, 15) is 4.79 Å². The summed E-state index contributed by atoms with van der Waals surface area (Å²) in [5.41, 5.74) is 0. The van der Waals surface area contributed by atoms with Gasteiger partial charge in [-0.05, 0) is 13.0 Å². The van der Waals surface area contributed by atoms with Gasteiger partial charge in [0.1, 0.15) is 0 Å². The second-order valence-corrected chi connectivity index (χ2v) is 3.23. The molecule has 1 aliphatic heterocycles. The van der Waals surface area contributed by atoms with Crippen LogP contribution in [0.5, 0.6) is 0 Å². The van der Waals surface area contributed by atoms with E-state index in [1.807, 2.05) is 0 Å². The minimum absolute atomic E-state index is 0.0243. The zero-order chi connectivity index (χ0) is 9.84. The molecule has 5 heteroatoms. The maximum absolute atomic E-state index is 10.7. The van der Waals surface area contributed by atoms with E-state index in [1.165, 1.54) is 4.90 Å². The van der Waals surface area contributed by atoms with Crippen LogP contribution in [0.2, 0.25) is 0 Å². The molecule has 0 aromatic heterocycles.